The standard InChI is InChI=1S/C24H28ClFN2O4S/c1-15-11-17(23(30)27-19-6-8-20(9-7-19)33(4,31)32)14-28(13-16(2)29)22(15)21-10-5-18(26)12-24(21,3)25/h5-10,14,16,29H,11-13H2,1-4H3,(H,27,30). The van der Waals surface area contributed by atoms with Gasteiger partial charge in [-0.15, -0.1) is 11.6 Å². The molecule has 2 aliphatic rings. The normalized spacial score (nSPS) is 22.4. The number of allylic oxidation sites excluding steroid dienone is 5. The lowest BCUT2D eigenvalue weighted by molar-refractivity contribution is -0.113. The number of nitrogens with one attached hydrogen (secondary N) is 1. The van der Waals surface area contributed by atoms with Crippen LogP contribution in [0.3, 0.4) is 0 Å². The second-order valence-electron chi connectivity index (χ2n) is 8.78. The van der Waals surface area contributed by atoms with Crippen LogP contribution >= 0.6 is 11.6 Å². The first kappa shape index (κ1) is 25.2. The summed E-state index contributed by atoms with van der Waals surface area (Å²) in [6.45, 7) is 5.50. The summed E-state index contributed by atoms with van der Waals surface area (Å²) in [4.78, 5) is 14.0. The number of aliphatic hydroxyl groups is 1. The molecule has 0 bridgehead atoms. The van der Waals surface area contributed by atoms with E-state index in [2.05, 4.69) is 5.32 Å². The van der Waals surface area contributed by atoms with Crippen molar-refractivity contribution in [2.24, 2.45) is 0 Å². The number of anilines is 1. The van der Waals surface area contributed by atoms with Gasteiger partial charge in [0.15, 0.2) is 9.84 Å². The fourth-order valence-electron chi connectivity index (χ4n) is 4.01. The summed E-state index contributed by atoms with van der Waals surface area (Å²) in [5.41, 5.74) is 3.30. The topological polar surface area (TPSA) is 86.7 Å². The molecule has 1 amide bonds. The molecular formula is C24H28ClFN2O4S. The van der Waals surface area contributed by atoms with E-state index in [1.807, 2.05) is 6.92 Å². The first-order chi connectivity index (χ1) is 15.3. The van der Waals surface area contributed by atoms with Crippen molar-refractivity contribution in [1.82, 2.24) is 4.90 Å². The number of benzene rings is 1. The van der Waals surface area contributed by atoms with Crippen LogP contribution in [0.15, 0.2) is 75.8 Å². The fraction of sp³-hybridized carbons (Fsp3) is 0.375. The maximum absolute atomic E-state index is 13.9. The molecule has 0 saturated carbocycles. The minimum absolute atomic E-state index is 0.0558. The molecule has 33 heavy (non-hydrogen) atoms. The van der Waals surface area contributed by atoms with Crippen molar-refractivity contribution in [3.8, 4) is 0 Å². The van der Waals surface area contributed by atoms with Crippen LogP contribution in [0.1, 0.15) is 33.6 Å². The monoisotopic (exact) mass is 494 g/mol. The fourth-order valence-corrected chi connectivity index (χ4v) is 4.92. The molecular weight excluding hydrogens is 467 g/mol. The van der Waals surface area contributed by atoms with Crippen molar-refractivity contribution in [1.29, 1.82) is 0 Å². The van der Waals surface area contributed by atoms with E-state index in [1.54, 1.807) is 31.0 Å². The molecule has 1 aromatic carbocycles. The van der Waals surface area contributed by atoms with E-state index < -0.39 is 20.8 Å². The number of amides is 1. The largest absolute Gasteiger partial charge is 0.392 e. The second kappa shape index (κ2) is 9.44. The van der Waals surface area contributed by atoms with E-state index in [9.17, 15) is 22.7 Å². The Balaban J connectivity index is 1.89. The van der Waals surface area contributed by atoms with Gasteiger partial charge >= 0.3 is 0 Å². The lowest BCUT2D eigenvalue weighted by Gasteiger charge is -2.38. The average molecular weight is 495 g/mol. The minimum Gasteiger partial charge on any atom is -0.392 e. The molecule has 9 heteroatoms. The Morgan fingerprint density at radius 2 is 1.94 bits per heavy atom. The van der Waals surface area contributed by atoms with E-state index in [1.165, 1.54) is 30.3 Å². The average Bonchev–Trinajstić information content (AvgIpc) is 2.67. The summed E-state index contributed by atoms with van der Waals surface area (Å²) >= 11 is 6.67. The molecule has 0 spiro atoms. The van der Waals surface area contributed by atoms with Gasteiger partial charge in [0.2, 0.25) is 0 Å². The molecule has 6 nitrogen and oxygen atoms in total. The number of carbonyl (C=O) groups is 1. The summed E-state index contributed by atoms with van der Waals surface area (Å²) in [5, 5.41) is 12.9. The van der Waals surface area contributed by atoms with Crippen LogP contribution in [-0.2, 0) is 14.6 Å². The number of carbonyl (C=O) groups excluding carboxylic acids is 1. The SMILES string of the molecule is CC1=C(C2=CC=C(F)CC2(C)Cl)N(CC(C)O)C=C(C(=O)Nc2ccc(S(C)(=O)=O)cc2)C1. The molecule has 0 radical (unpaired) electrons. The van der Waals surface area contributed by atoms with E-state index in [0.29, 0.717) is 17.7 Å². The molecule has 0 saturated heterocycles. The van der Waals surface area contributed by atoms with E-state index >= 15 is 0 Å². The van der Waals surface area contributed by atoms with Crippen molar-refractivity contribution in [2.75, 3.05) is 18.1 Å². The number of sulfone groups is 1. The third-order valence-electron chi connectivity index (χ3n) is 5.50. The highest BCUT2D eigenvalue weighted by Gasteiger charge is 2.36. The van der Waals surface area contributed by atoms with Crippen molar-refractivity contribution in [3.63, 3.8) is 0 Å². The third-order valence-corrected chi connectivity index (χ3v) is 6.97. The zero-order chi connectivity index (χ0) is 24.6. The smallest absolute Gasteiger partial charge is 0.253 e. The Morgan fingerprint density at radius 3 is 2.48 bits per heavy atom. The number of alkyl halides is 1. The van der Waals surface area contributed by atoms with Gasteiger partial charge in [0.1, 0.15) is 5.83 Å². The predicted octanol–water partition coefficient (Wildman–Crippen LogP) is 4.45. The lowest BCUT2D eigenvalue weighted by atomic mass is 9.85. The van der Waals surface area contributed by atoms with Gasteiger partial charge in [-0.25, -0.2) is 12.8 Å². The summed E-state index contributed by atoms with van der Waals surface area (Å²) in [5.74, 6) is -0.641. The lowest BCUT2D eigenvalue weighted by Crippen LogP contribution is -2.36. The molecule has 3 rings (SSSR count). The third kappa shape index (κ3) is 5.93. The van der Waals surface area contributed by atoms with Crippen molar-refractivity contribution in [3.05, 3.63) is 70.9 Å². The molecule has 178 valence electrons. The molecule has 2 atom stereocenters. The molecule has 2 unspecified atom stereocenters. The number of β-amino-alcohol motifs (C(OH)–C–C–N with tert-alkyl or cyclic N) is 1. The minimum atomic E-state index is -3.33. The zero-order valence-electron chi connectivity index (χ0n) is 19.0. The number of hydrogen-bond acceptors (Lipinski definition) is 5. The van der Waals surface area contributed by atoms with Gasteiger partial charge in [0.05, 0.1) is 15.9 Å². The Labute approximate surface area is 199 Å². The van der Waals surface area contributed by atoms with Crippen LogP contribution in [0.4, 0.5) is 10.1 Å². The molecule has 1 aliphatic carbocycles. The van der Waals surface area contributed by atoms with Gasteiger partial charge in [0.25, 0.3) is 5.91 Å². The van der Waals surface area contributed by atoms with Gasteiger partial charge in [0, 0.05) is 48.8 Å². The summed E-state index contributed by atoms with van der Waals surface area (Å²) in [7, 11) is -3.33. The highest BCUT2D eigenvalue weighted by Crippen LogP contribution is 2.43. The highest BCUT2D eigenvalue weighted by atomic mass is 35.5. The van der Waals surface area contributed by atoms with Crippen LogP contribution < -0.4 is 5.32 Å². The number of aliphatic hydroxyl groups excluding tert-OH is 1. The summed E-state index contributed by atoms with van der Waals surface area (Å²) < 4.78 is 37.1. The van der Waals surface area contributed by atoms with E-state index in [-0.39, 0.29) is 29.6 Å². The predicted molar refractivity (Wildman–Crippen MR) is 128 cm³/mol. The Hall–Kier alpha value is -2.42. The second-order valence-corrected chi connectivity index (χ2v) is 11.6. The maximum atomic E-state index is 13.9. The van der Waals surface area contributed by atoms with Crippen LogP contribution in [0, 0.1) is 0 Å². The molecule has 1 heterocycles. The number of nitrogens with zero attached hydrogens (tertiary/aromatic N) is 1. The number of hydrogen-bond donors (Lipinski definition) is 2. The molecule has 1 aromatic rings. The summed E-state index contributed by atoms with van der Waals surface area (Å²) in [6.07, 6.45) is 5.56. The van der Waals surface area contributed by atoms with Crippen molar-refractivity contribution >= 4 is 33.0 Å². The Kier molecular flexibility index (Phi) is 7.21. The summed E-state index contributed by atoms with van der Waals surface area (Å²) in [6, 6.07) is 5.94. The van der Waals surface area contributed by atoms with Gasteiger partial charge in [-0.1, -0.05) is 6.08 Å². The Bertz CT molecular complexity index is 1180. The molecule has 1 aliphatic heterocycles. The first-order valence-electron chi connectivity index (χ1n) is 10.5. The van der Waals surface area contributed by atoms with Gasteiger partial charge in [-0.3, -0.25) is 4.79 Å². The molecule has 0 aromatic heterocycles. The quantitative estimate of drug-likeness (QED) is 0.570. The van der Waals surface area contributed by atoms with E-state index in [4.69, 9.17) is 11.6 Å². The Morgan fingerprint density at radius 1 is 1.30 bits per heavy atom. The first-order valence-corrected chi connectivity index (χ1v) is 12.8. The van der Waals surface area contributed by atoms with E-state index in [0.717, 1.165) is 23.1 Å². The maximum Gasteiger partial charge on any atom is 0.253 e. The zero-order valence-corrected chi connectivity index (χ0v) is 20.6. The molecule has 2 N–H and O–H groups in total. The van der Waals surface area contributed by atoms with Crippen LogP contribution in [0.5, 0.6) is 0 Å². The van der Waals surface area contributed by atoms with Crippen molar-refractivity contribution < 1.29 is 22.7 Å². The van der Waals surface area contributed by atoms with Crippen LogP contribution in [-0.4, -0.2) is 48.1 Å². The number of rotatable bonds is 6. The van der Waals surface area contributed by atoms with Crippen LogP contribution in [0.25, 0.3) is 0 Å². The van der Waals surface area contributed by atoms with Crippen LogP contribution in [0.2, 0.25) is 0 Å². The highest BCUT2D eigenvalue weighted by molar-refractivity contribution is 7.90. The van der Waals surface area contributed by atoms with Gasteiger partial charge in [-0.05, 0) is 62.3 Å². The number of halogens is 2. The van der Waals surface area contributed by atoms with Crippen molar-refractivity contribution in [2.45, 2.75) is 49.5 Å². The van der Waals surface area contributed by atoms with Gasteiger partial charge in [-0.2, -0.15) is 0 Å². The molecule has 0 fully saturated rings. The van der Waals surface area contributed by atoms with Gasteiger partial charge < -0.3 is 15.3 Å².